The van der Waals surface area contributed by atoms with Gasteiger partial charge in [0.05, 0.1) is 0 Å². The highest BCUT2D eigenvalue weighted by Gasteiger charge is 2.14. The highest BCUT2D eigenvalue weighted by molar-refractivity contribution is 9.10. The third-order valence-corrected chi connectivity index (χ3v) is 2.77. The van der Waals surface area contributed by atoms with Gasteiger partial charge in [-0.1, -0.05) is 22.9 Å². The number of hydrogen-bond acceptors (Lipinski definition) is 3. The van der Waals surface area contributed by atoms with E-state index in [1.807, 2.05) is 6.92 Å². The summed E-state index contributed by atoms with van der Waals surface area (Å²) in [6.45, 7) is 1.98. The van der Waals surface area contributed by atoms with Crippen LogP contribution in [0, 0.1) is 0 Å². The summed E-state index contributed by atoms with van der Waals surface area (Å²) in [6, 6.07) is 3.11. The van der Waals surface area contributed by atoms with Gasteiger partial charge in [-0.15, -0.1) is 0 Å². The molecule has 0 heterocycles. The van der Waals surface area contributed by atoms with Gasteiger partial charge in [0.2, 0.25) is 0 Å². The Hall–Kier alpha value is -0.580. The van der Waals surface area contributed by atoms with E-state index in [0.717, 1.165) is 16.5 Å². The van der Waals surface area contributed by atoms with Crippen molar-refractivity contribution in [1.29, 1.82) is 0 Å². The lowest BCUT2D eigenvalue weighted by molar-refractivity contribution is -0.0776. The molecule has 0 fully saturated rings. The molecule has 1 atom stereocenters. The number of phenolic OH excluding ortho intramolecular Hbond substituents is 1. The summed E-state index contributed by atoms with van der Waals surface area (Å²) in [5.74, 6) is 0.111. The molecule has 0 amide bonds. The fraction of sp³-hybridized carbons (Fsp3) is 0.400. The lowest BCUT2D eigenvalue weighted by Crippen LogP contribution is -2.04. The van der Waals surface area contributed by atoms with Crippen molar-refractivity contribution in [2.75, 3.05) is 7.11 Å². The Labute approximate surface area is 91.5 Å². The molecule has 0 bridgehead atoms. The van der Waals surface area contributed by atoms with Crippen LogP contribution in [0.2, 0.25) is 0 Å². The Bertz CT molecular complexity index is 325. The number of aliphatic hydroxyl groups excluding tert-OH is 1. The maximum atomic E-state index is 9.54. The predicted octanol–water partition coefficient (Wildman–Crippen LogP) is 2.35. The van der Waals surface area contributed by atoms with Gasteiger partial charge in [0, 0.05) is 17.1 Å². The average Bonchev–Trinajstić information content (AvgIpc) is 2.15. The topological polar surface area (TPSA) is 49.7 Å². The van der Waals surface area contributed by atoms with Crippen LogP contribution in [0.25, 0.3) is 0 Å². The van der Waals surface area contributed by atoms with Crippen molar-refractivity contribution in [2.24, 2.45) is 0 Å². The van der Waals surface area contributed by atoms with Crippen LogP contribution in [-0.4, -0.2) is 17.3 Å². The number of ether oxygens (including phenoxy) is 1. The second-order valence-corrected chi connectivity index (χ2v) is 3.79. The zero-order valence-corrected chi connectivity index (χ0v) is 9.71. The van der Waals surface area contributed by atoms with E-state index >= 15 is 0 Å². The summed E-state index contributed by atoms with van der Waals surface area (Å²) < 4.78 is 5.60. The maximum Gasteiger partial charge on any atom is 0.181 e. The number of benzene rings is 1. The molecule has 2 N–H and O–H groups in total. The first-order valence-electron chi connectivity index (χ1n) is 4.32. The molecular formula is C10H13BrO3. The van der Waals surface area contributed by atoms with Crippen LogP contribution >= 0.6 is 15.9 Å². The Morgan fingerprint density at radius 1 is 1.50 bits per heavy atom. The molecule has 0 spiro atoms. The number of halogens is 1. The van der Waals surface area contributed by atoms with Gasteiger partial charge in [0.1, 0.15) is 5.75 Å². The van der Waals surface area contributed by atoms with Crippen molar-refractivity contribution >= 4 is 15.9 Å². The summed E-state index contributed by atoms with van der Waals surface area (Å²) >= 11 is 3.33. The molecule has 78 valence electrons. The van der Waals surface area contributed by atoms with E-state index in [-0.39, 0.29) is 5.75 Å². The zero-order chi connectivity index (χ0) is 10.7. The molecule has 1 aromatic carbocycles. The number of rotatable bonds is 3. The number of hydrogen-bond donors (Lipinski definition) is 2. The lowest BCUT2D eigenvalue weighted by Gasteiger charge is -2.15. The van der Waals surface area contributed by atoms with Crippen LogP contribution in [-0.2, 0) is 11.2 Å². The van der Waals surface area contributed by atoms with Gasteiger partial charge in [-0.3, -0.25) is 0 Å². The molecule has 0 aromatic heterocycles. The predicted molar refractivity (Wildman–Crippen MR) is 57.2 cm³/mol. The van der Waals surface area contributed by atoms with Crippen molar-refractivity contribution in [3.05, 3.63) is 27.7 Å². The van der Waals surface area contributed by atoms with Gasteiger partial charge < -0.3 is 14.9 Å². The fourth-order valence-electron chi connectivity index (χ4n) is 1.36. The number of phenols is 1. The van der Waals surface area contributed by atoms with Gasteiger partial charge in [-0.05, 0) is 24.1 Å². The van der Waals surface area contributed by atoms with E-state index in [9.17, 15) is 10.2 Å². The summed E-state index contributed by atoms with van der Waals surface area (Å²) in [5.41, 5.74) is 1.54. The minimum Gasteiger partial charge on any atom is -0.508 e. The van der Waals surface area contributed by atoms with Crippen LogP contribution in [0.15, 0.2) is 16.6 Å². The molecule has 3 nitrogen and oxygen atoms in total. The van der Waals surface area contributed by atoms with E-state index in [2.05, 4.69) is 15.9 Å². The summed E-state index contributed by atoms with van der Waals surface area (Å²) in [7, 11) is 1.42. The average molecular weight is 261 g/mol. The second-order valence-electron chi connectivity index (χ2n) is 2.94. The van der Waals surface area contributed by atoms with E-state index in [4.69, 9.17) is 4.74 Å². The third kappa shape index (κ3) is 2.26. The molecule has 4 heteroatoms. The van der Waals surface area contributed by atoms with Gasteiger partial charge in [0.15, 0.2) is 6.29 Å². The highest BCUT2D eigenvalue weighted by atomic mass is 79.9. The summed E-state index contributed by atoms with van der Waals surface area (Å²) in [6.07, 6.45) is -0.232. The van der Waals surface area contributed by atoms with E-state index < -0.39 is 6.29 Å². The third-order valence-electron chi connectivity index (χ3n) is 2.06. The Balaban J connectivity index is 3.24. The van der Waals surface area contributed by atoms with Crippen LogP contribution in [0.4, 0.5) is 0 Å². The molecule has 0 radical (unpaired) electrons. The molecule has 14 heavy (non-hydrogen) atoms. The number of methoxy groups -OCH3 is 1. The van der Waals surface area contributed by atoms with Gasteiger partial charge in [-0.25, -0.2) is 0 Å². The van der Waals surface area contributed by atoms with Crippen molar-refractivity contribution < 1.29 is 14.9 Å². The molecule has 0 saturated carbocycles. The molecule has 0 aliphatic heterocycles. The van der Waals surface area contributed by atoms with Gasteiger partial charge >= 0.3 is 0 Å². The molecule has 1 unspecified atom stereocenters. The van der Waals surface area contributed by atoms with Gasteiger partial charge in [0.25, 0.3) is 0 Å². The zero-order valence-electron chi connectivity index (χ0n) is 8.12. The highest BCUT2D eigenvalue weighted by Crippen LogP contribution is 2.30. The van der Waals surface area contributed by atoms with Crippen molar-refractivity contribution in [3.8, 4) is 5.75 Å². The Kier molecular flexibility index (Phi) is 3.92. The summed E-state index contributed by atoms with van der Waals surface area (Å²) in [5, 5.41) is 18.9. The largest absolute Gasteiger partial charge is 0.508 e. The quantitative estimate of drug-likeness (QED) is 0.821. The van der Waals surface area contributed by atoms with Crippen molar-refractivity contribution in [3.63, 3.8) is 0 Å². The number of aromatic hydroxyl groups is 1. The first-order chi connectivity index (χ1) is 6.60. The molecule has 0 aliphatic carbocycles. The van der Waals surface area contributed by atoms with E-state index in [1.165, 1.54) is 13.2 Å². The Morgan fingerprint density at radius 3 is 2.64 bits per heavy atom. The Morgan fingerprint density at radius 2 is 2.14 bits per heavy atom. The summed E-state index contributed by atoms with van der Waals surface area (Å²) in [4.78, 5) is 0. The van der Waals surface area contributed by atoms with Crippen LogP contribution in [0.1, 0.15) is 24.3 Å². The maximum absolute atomic E-state index is 9.54. The minimum atomic E-state index is -0.992. The standard InChI is InChI=1S/C10H13BrO3/c1-3-7-8(10(13)14-2)4-6(12)5-9(7)11/h4-5,10,12-13H,3H2,1-2H3. The van der Waals surface area contributed by atoms with Crippen molar-refractivity contribution in [1.82, 2.24) is 0 Å². The van der Waals surface area contributed by atoms with Crippen LogP contribution < -0.4 is 0 Å². The molecule has 0 aliphatic rings. The van der Waals surface area contributed by atoms with Crippen molar-refractivity contribution in [2.45, 2.75) is 19.6 Å². The second kappa shape index (κ2) is 4.77. The smallest absolute Gasteiger partial charge is 0.181 e. The van der Waals surface area contributed by atoms with E-state index in [1.54, 1.807) is 6.07 Å². The molecule has 0 saturated heterocycles. The first kappa shape index (κ1) is 11.5. The molecule has 1 aromatic rings. The molecular weight excluding hydrogens is 248 g/mol. The van der Waals surface area contributed by atoms with E-state index in [0.29, 0.717) is 5.56 Å². The normalized spacial score (nSPS) is 12.9. The minimum absolute atomic E-state index is 0.111. The lowest BCUT2D eigenvalue weighted by atomic mass is 10.0. The van der Waals surface area contributed by atoms with Crippen LogP contribution in [0.5, 0.6) is 5.75 Å². The first-order valence-corrected chi connectivity index (χ1v) is 5.11. The SMILES string of the molecule is CCc1c(Br)cc(O)cc1C(O)OC. The number of aliphatic hydroxyl groups is 1. The monoisotopic (exact) mass is 260 g/mol. The molecule has 1 rings (SSSR count). The van der Waals surface area contributed by atoms with Crippen LogP contribution in [0.3, 0.4) is 0 Å². The fourth-order valence-corrected chi connectivity index (χ4v) is 2.11. The van der Waals surface area contributed by atoms with Gasteiger partial charge in [-0.2, -0.15) is 0 Å².